The molecule has 0 saturated heterocycles. The molecular formula is C11H13Cl. The normalized spacial score (nSPS) is 11.8. The van der Waals surface area contributed by atoms with E-state index in [4.69, 9.17) is 11.6 Å². The molecule has 0 bridgehead atoms. The summed E-state index contributed by atoms with van der Waals surface area (Å²) in [5.41, 5.74) is 2.50. The lowest BCUT2D eigenvalue weighted by Crippen LogP contribution is -1.78. The molecule has 0 aliphatic heterocycles. The second kappa shape index (κ2) is 4.32. The van der Waals surface area contributed by atoms with Crippen molar-refractivity contribution < 1.29 is 0 Å². The maximum Gasteiger partial charge on any atom is 0.0412 e. The summed E-state index contributed by atoms with van der Waals surface area (Å²) in [6, 6.07) is 7.94. The van der Waals surface area contributed by atoms with Gasteiger partial charge in [-0.15, -0.1) is 0 Å². The first-order valence-corrected chi connectivity index (χ1v) is 4.54. The molecule has 0 aliphatic carbocycles. The summed E-state index contributed by atoms with van der Waals surface area (Å²) in [7, 11) is 0. The molecule has 64 valence electrons. The molecule has 1 aromatic carbocycles. The third kappa shape index (κ3) is 2.38. The van der Waals surface area contributed by atoms with E-state index in [-0.39, 0.29) is 0 Å². The van der Waals surface area contributed by atoms with Crippen LogP contribution in [0, 0.1) is 0 Å². The zero-order valence-electron chi connectivity index (χ0n) is 7.47. The van der Waals surface area contributed by atoms with Gasteiger partial charge in [-0.3, -0.25) is 0 Å². The zero-order valence-corrected chi connectivity index (χ0v) is 8.23. The summed E-state index contributed by atoms with van der Waals surface area (Å²) >= 11 is 5.86. The van der Waals surface area contributed by atoms with E-state index in [9.17, 15) is 0 Å². The van der Waals surface area contributed by atoms with Gasteiger partial charge >= 0.3 is 0 Å². The lowest BCUT2D eigenvalue weighted by Gasteiger charge is -2.00. The topological polar surface area (TPSA) is 0 Å². The average molecular weight is 181 g/mol. The number of halogens is 1. The third-order valence-corrected chi connectivity index (χ3v) is 2.03. The van der Waals surface area contributed by atoms with Crippen molar-refractivity contribution in [2.75, 3.05) is 0 Å². The highest BCUT2D eigenvalue weighted by molar-refractivity contribution is 6.30. The van der Waals surface area contributed by atoms with E-state index in [0.717, 1.165) is 11.4 Å². The summed E-state index contributed by atoms with van der Waals surface area (Å²) in [5, 5.41) is 0.802. The first-order valence-electron chi connectivity index (χ1n) is 4.16. The predicted octanol–water partition coefficient (Wildman–Crippen LogP) is 4.15. The fraction of sp³-hybridized carbons (Fsp3) is 0.273. The van der Waals surface area contributed by atoms with E-state index in [2.05, 4.69) is 26.0 Å². The Balaban J connectivity index is 2.95. The number of benzene rings is 1. The number of allylic oxidation sites excluding steroid dienone is 2. The Morgan fingerprint density at radius 1 is 1.50 bits per heavy atom. The number of hydrogen-bond donors (Lipinski definition) is 0. The molecule has 0 aromatic heterocycles. The van der Waals surface area contributed by atoms with Crippen molar-refractivity contribution in [3.8, 4) is 0 Å². The van der Waals surface area contributed by atoms with Gasteiger partial charge in [0.25, 0.3) is 0 Å². The Kier molecular flexibility index (Phi) is 3.36. The van der Waals surface area contributed by atoms with Crippen LogP contribution >= 0.6 is 11.6 Å². The minimum Gasteiger partial charge on any atom is -0.0843 e. The highest BCUT2D eigenvalue weighted by Gasteiger charge is 1.94. The van der Waals surface area contributed by atoms with Crippen molar-refractivity contribution >= 4 is 17.2 Å². The minimum atomic E-state index is 0.802. The molecule has 0 spiro atoms. The van der Waals surface area contributed by atoms with Gasteiger partial charge in [-0.05, 0) is 36.6 Å². The summed E-state index contributed by atoms with van der Waals surface area (Å²) in [6.45, 7) is 4.24. The molecule has 0 heterocycles. The van der Waals surface area contributed by atoms with Crippen molar-refractivity contribution in [1.82, 2.24) is 0 Å². The highest BCUT2D eigenvalue weighted by atomic mass is 35.5. The monoisotopic (exact) mass is 180 g/mol. The van der Waals surface area contributed by atoms with Crippen molar-refractivity contribution in [2.45, 2.75) is 20.3 Å². The maximum atomic E-state index is 5.86. The van der Waals surface area contributed by atoms with Crippen molar-refractivity contribution in [2.24, 2.45) is 0 Å². The fourth-order valence-corrected chi connectivity index (χ4v) is 1.35. The molecule has 0 aliphatic rings. The maximum absolute atomic E-state index is 5.86. The molecule has 0 radical (unpaired) electrons. The van der Waals surface area contributed by atoms with Gasteiger partial charge in [0.2, 0.25) is 0 Å². The van der Waals surface area contributed by atoms with Crippen LogP contribution in [0.15, 0.2) is 30.3 Å². The first kappa shape index (κ1) is 9.34. The van der Waals surface area contributed by atoms with Crippen LogP contribution in [0.5, 0.6) is 0 Å². The van der Waals surface area contributed by atoms with Gasteiger partial charge in [-0.2, -0.15) is 0 Å². The summed E-state index contributed by atoms with van der Waals surface area (Å²) in [5.74, 6) is 0. The van der Waals surface area contributed by atoms with Crippen LogP contribution in [0.25, 0.3) is 5.57 Å². The van der Waals surface area contributed by atoms with Crippen molar-refractivity contribution in [3.63, 3.8) is 0 Å². The molecule has 0 saturated carbocycles. The van der Waals surface area contributed by atoms with Crippen LogP contribution in [-0.2, 0) is 0 Å². The number of hydrogen-bond acceptors (Lipinski definition) is 0. The SMILES string of the molecule is CCC=C(C)c1cccc(Cl)c1. The second-order valence-electron chi connectivity index (χ2n) is 2.81. The molecule has 0 unspecified atom stereocenters. The van der Waals surface area contributed by atoms with E-state index in [1.807, 2.05) is 18.2 Å². The Morgan fingerprint density at radius 2 is 2.25 bits per heavy atom. The quantitative estimate of drug-likeness (QED) is 0.642. The van der Waals surface area contributed by atoms with Gasteiger partial charge in [0, 0.05) is 5.02 Å². The standard InChI is InChI=1S/C11H13Cl/c1-3-5-9(2)10-6-4-7-11(12)8-10/h4-8H,3H2,1-2H3. The van der Waals surface area contributed by atoms with E-state index in [1.54, 1.807) is 0 Å². The van der Waals surface area contributed by atoms with E-state index in [1.165, 1.54) is 11.1 Å². The molecule has 0 N–H and O–H groups in total. The average Bonchev–Trinajstić information content (AvgIpc) is 2.05. The van der Waals surface area contributed by atoms with Gasteiger partial charge < -0.3 is 0 Å². The van der Waals surface area contributed by atoms with Gasteiger partial charge in [0.1, 0.15) is 0 Å². The Bertz CT molecular complexity index is 287. The molecule has 1 heteroatoms. The van der Waals surface area contributed by atoms with E-state index in [0.29, 0.717) is 0 Å². The van der Waals surface area contributed by atoms with Crippen molar-refractivity contribution in [3.05, 3.63) is 40.9 Å². The molecular weight excluding hydrogens is 168 g/mol. The van der Waals surface area contributed by atoms with Crippen LogP contribution < -0.4 is 0 Å². The molecule has 0 amide bonds. The fourth-order valence-electron chi connectivity index (χ4n) is 1.16. The summed E-state index contributed by atoms with van der Waals surface area (Å²) in [6.07, 6.45) is 3.27. The van der Waals surface area contributed by atoms with Crippen LogP contribution in [0.1, 0.15) is 25.8 Å². The molecule has 0 fully saturated rings. The van der Waals surface area contributed by atoms with Crippen LogP contribution in [0.3, 0.4) is 0 Å². The van der Waals surface area contributed by atoms with E-state index >= 15 is 0 Å². The lowest BCUT2D eigenvalue weighted by atomic mass is 10.1. The Hall–Kier alpha value is -0.750. The Labute approximate surface area is 78.9 Å². The summed E-state index contributed by atoms with van der Waals surface area (Å²) in [4.78, 5) is 0. The first-order chi connectivity index (χ1) is 5.74. The number of rotatable bonds is 2. The smallest absolute Gasteiger partial charge is 0.0412 e. The van der Waals surface area contributed by atoms with Gasteiger partial charge in [0.15, 0.2) is 0 Å². The van der Waals surface area contributed by atoms with Crippen LogP contribution in [0.4, 0.5) is 0 Å². The lowest BCUT2D eigenvalue weighted by molar-refractivity contribution is 1.22. The molecule has 0 nitrogen and oxygen atoms in total. The largest absolute Gasteiger partial charge is 0.0843 e. The highest BCUT2D eigenvalue weighted by Crippen LogP contribution is 2.18. The van der Waals surface area contributed by atoms with Crippen molar-refractivity contribution in [1.29, 1.82) is 0 Å². The Morgan fingerprint density at radius 3 is 2.83 bits per heavy atom. The zero-order chi connectivity index (χ0) is 8.97. The van der Waals surface area contributed by atoms with Gasteiger partial charge in [-0.1, -0.05) is 36.7 Å². The molecule has 12 heavy (non-hydrogen) atoms. The summed E-state index contributed by atoms with van der Waals surface area (Å²) < 4.78 is 0. The van der Waals surface area contributed by atoms with Gasteiger partial charge in [-0.25, -0.2) is 0 Å². The molecule has 0 atom stereocenters. The van der Waals surface area contributed by atoms with E-state index < -0.39 is 0 Å². The van der Waals surface area contributed by atoms with Crippen LogP contribution in [0.2, 0.25) is 5.02 Å². The molecule has 1 rings (SSSR count). The molecule has 1 aromatic rings. The van der Waals surface area contributed by atoms with Crippen LogP contribution in [-0.4, -0.2) is 0 Å². The van der Waals surface area contributed by atoms with Gasteiger partial charge in [0.05, 0.1) is 0 Å². The third-order valence-electron chi connectivity index (χ3n) is 1.79. The predicted molar refractivity (Wildman–Crippen MR) is 55.4 cm³/mol. The minimum absolute atomic E-state index is 0.802. The second-order valence-corrected chi connectivity index (χ2v) is 3.24.